The lowest BCUT2D eigenvalue weighted by molar-refractivity contribution is -0.384. The van der Waals surface area contributed by atoms with Gasteiger partial charge >= 0.3 is 5.69 Å². The van der Waals surface area contributed by atoms with Crippen molar-refractivity contribution in [3.05, 3.63) is 15.3 Å². The van der Waals surface area contributed by atoms with Gasteiger partial charge in [-0.15, -0.1) is 0 Å². The number of hydrogen-bond acceptors (Lipinski definition) is 10. The molecule has 4 rings (SSSR count). The predicted molar refractivity (Wildman–Crippen MR) is 123 cm³/mol. The van der Waals surface area contributed by atoms with Crippen molar-refractivity contribution in [3.8, 4) is 0 Å². The van der Waals surface area contributed by atoms with Gasteiger partial charge in [0.25, 0.3) is 0 Å². The summed E-state index contributed by atoms with van der Waals surface area (Å²) in [6, 6.07) is -0.387. The number of nitro groups is 1. The number of ether oxygens (including phenoxy) is 3. The third kappa shape index (κ3) is 5.88. The second-order valence-electron chi connectivity index (χ2n) is 9.36. The Morgan fingerprint density at radius 2 is 2.03 bits per heavy atom. The maximum atomic E-state index is 11.7. The highest BCUT2D eigenvalue weighted by Crippen LogP contribution is 2.42. The van der Waals surface area contributed by atoms with Crippen LogP contribution in [0.15, 0.2) is 5.16 Å². The number of nitrogens with zero attached hydrogens (tertiary/aromatic N) is 3. The van der Waals surface area contributed by atoms with Gasteiger partial charge < -0.3 is 24.6 Å². The van der Waals surface area contributed by atoms with E-state index in [4.69, 9.17) is 25.8 Å². The standard InChI is InChI=1S/C21H31ClN4O6S/c1-11(27)30-14-10-13(16-17(14)32-21(2,3)31-16)23-19-15(26(28)29)18(22)24-20(25-19)33-9-8-12-6-4-5-7-12/h11-14,16-17,27H,4-10H2,1-3H3,(H,23,24,25)/t11?,13-,14+,16+,17-/m1/s1. The zero-order valence-corrected chi connectivity index (χ0v) is 20.6. The van der Waals surface area contributed by atoms with Crippen molar-refractivity contribution in [1.29, 1.82) is 0 Å². The summed E-state index contributed by atoms with van der Waals surface area (Å²) in [4.78, 5) is 19.8. The molecule has 2 N–H and O–H groups in total. The smallest absolute Gasteiger partial charge is 0.348 e. The Balaban J connectivity index is 1.52. The molecule has 2 saturated carbocycles. The van der Waals surface area contributed by atoms with E-state index in [9.17, 15) is 15.2 Å². The van der Waals surface area contributed by atoms with Crippen molar-refractivity contribution in [3.63, 3.8) is 0 Å². The minimum absolute atomic E-state index is 0.0538. The molecule has 1 aromatic rings. The average Bonchev–Trinajstić information content (AvgIpc) is 3.39. The molecule has 0 amide bonds. The first-order chi connectivity index (χ1) is 15.6. The molecule has 0 bridgehead atoms. The van der Waals surface area contributed by atoms with E-state index in [2.05, 4.69) is 15.3 Å². The zero-order chi connectivity index (χ0) is 23.8. The fourth-order valence-electron chi connectivity index (χ4n) is 4.99. The largest absolute Gasteiger partial charge is 0.368 e. The second-order valence-corrected chi connectivity index (χ2v) is 10.8. The Morgan fingerprint density at radius 3 is 2.70 bits per heavy atom. The van der Waals surface area contributed by atoms with E-state index in [-0.39, 0.29) is 22.7 Å². The molecular formula is C21H31ClN4O6S. The van der Waals surface area contributed by atoms with Crippen molar-refractivity contribution in [1.82, 2.24) is 9.97 Å². The van der Waals surface area contributed by atoms with Gasteiger partial charge in [0.2, 0.25) is 11.0 Å². The number of aliphatic hydroxyl groups excluding tert-OH is 1. The summed E-state index contributed by atoms with van der Waals surface area (Å²) in [5.41, 5.74) is -0.369. The molecule has 1 aliphatic heterocycles. The maximum Gasteiger partial charge on any atom is 0.348 e. The van der Waals surface area contributed by atoms with Gasteiger partial charge in [0, 0.05) is 5.75 Å². The predicted octanol–water partition coefficient (Wildman–Crippen LogP) is 4.14. The number of halogens is 1. The number of nitrogens with one attached hydrogen (secondary N) is 1. The zero-order valence-electron chi connectivity index (χ0n) is 19.0. The summed E-state index contributed by atoms with van der Waals surface area (Å²) < 4.78 is 17.7. The lowest BCUT2D eigenvalue weighted by atomic mass is 10.1. The number of aliphatic hydroxyl groups is 1. The Hall–Kier alpha value is -1.24. The summed E-state index contributed by atoms with van der Waals surface area (Å²) in [6.45, 7) is 5.12. The number of rotatable bonds is 9. The molecule has 2 heterocycles. The second kappa shape index (κ2) is 10.2. The van der Waals surface area contributed by atoms with E-state index in [0.717, 1.165) is 18.1 Å². The highest BCUT2D eigenvalue weighted by atomic mass is 35.5. The summed E-state index contributed by atoms with van der Waals surface area (Å²) in [5, 5.41) is 24.8. The van der Waals surface area contributed by atoms with Crippen molar-refractivity contribution >= 4 is 34.9 Å². The molecule has 3 fully saturated rings. The first-order valence-corrected chi connectivity index (χ1v) is 12.8. The summed E-state index contributed by atoms with van der Waals surface area (Å²) in [5.74, 6) is 0.778. The minimum atomic E-state index is -0.979. The van der Waals surface area contributed by atoms with Crippen molar-refractivity contribution in [2.45, 2.75) is 101 Å². The molecule has 0 spiro atoms. The highest BCUT2D eigenvalue weighted by Gasteiger charge is 2.55. The molecule has 0 aromatic carbocycles. The molecular weight excluding hydrogens is 472 g/mol. The lowest BCUT2D eigenvalue weighted by Crippen LogP contribution is -2.35. The van der Waals surface area contributed by atoms with Gasteiger partial charge in [-0.3, -0.25) is 10.1 Å². The quantitative estimate of drug-likeness (QED) is 0.127. The molecule has 1 aromatic heterocycles. The molecule has 184 valence electrons. The van der Waals surface area contributed by atoms with E-state index in [1.54, 1.807) is 13.8 Å². The van der Waals surface area contributed by atoms with Crippen LogP contribution in [0.5, 0.6) is 0 Å². The SMILES string of the molecule is CC(O)O[C@H]1C[C@@H](Nc2nc(SCCC3CCCC3)nc(Cl)c2[N+](=O)[O-])[C@@H]2OC(C)(C)O[C@@H]21. The molecule has 3 aliphatic rings. The third-order valence-corrected chi connectivity index (χ3v) is 7.49. The first kappa shape index (κ1) is 24.9. The maximum absolute atomic E-state index is 11.7. The van der Waals surface area contributed by atoms with E-state index in [1.165, 1.54) is 44.4 Å². The Kier molecular flexibility index (Phi) is 7.66. The van der Waals surface area contributed by atoms with Crippen LogP contribution < -0.4 is 5.32 Å². The Labute approximate surface area is 202 Å². The van der Waals surface area contributed by atoms with Crippen LogP contribution in [-0.4, -0.2) is 62.2 Å². The average molecular weight is 503 g/mol. The highest BCUT2D eigenvalue weighted by molar-refractivity contribution is 7.99. The van der Waals surface area contributed by atoms with E-state index < -0.39 is 35.3 Å². The third-order valence-electron chi connectivity index (χ3n) is 6.34. The number of aromatic nitrogens is 2. The molecule has 1 saturated heterocycles. The number of thioether (sulfide) groups is 1. The Bertz CT molecular complexity index is 869. The monoisotopic (exact) mass is 502 g/mol. The van der Waals surface area contributed by atoms with Crippen LogP contribution in [-0.2, 0) is 14.2 Å². The van der Waals surface area contributed by atoms with Crippen LogP contribution in [0.4, 0.5) is 11.5 Å². The minimum Gasteiger partial charge on any atom is -0.368 e. The van der Waals surface area contributed by atoms with E-state index in [1.807, 2.05) is 0 Å². The normalized spacial score (nSPS) is 29.8. The first-order valence-electron chi connectivity index (χ1n) is 11.4. The molecule has 10 nitrogen and oxygen atoms in total. The van der Waals surface area contributed by atoms with Crippen molar-refractivity contribution in [2.75, 3.05) is 11.1 Å². The van der Waals surface area contributed by atoms with Crippen LogP contribution in [0.25, 0.3) is 0 Å². The van der Waals surface area contributed by atoms with E-state index >= 15 is 0 Å². The molecule has 12 heteroatoms. The topological polar surface area (TPSA) is 129 Å². The van der Waals surface area contributed by atoms with Crippen molar-refractivity contribution < 1.29 is 24.2 Å². The molecule has 0 radical (unpaired) electrons. The van der Waals surface area contributed by atoms with Gasteiger partial charge in [-0.05, 0) is 39.5 Å². The van der Waals surface area contributed by atoms with Crippen LogP contribution in [0.3, 0.4) is 0 Å². The van der Waals surface area contributed by atoms with Gasteiger partial charge in [0.05, 0.1) is 17.1 Å². The van der Waals surface area contributed by atoms with Crippen molar-refractivity contribution in [2.24, 2.45) is 5.92 Å². The summed E-state index contributed by atoms with van der Waals surface area (Å²) >= 11 is 7.67. The van der Waals surface area contributed by atoms with Crippen LogP contribution in [0, 0.1) is 16.0 Å². The van der Waals surface area contributed by atoms with Gasteiger partial charge in [-0.25, -0.2) is 4.98 Å². The number of hydrogen-bond donors (Lipinski definition) is 2. The summed E-state index contributed by atoms with van der Waals surface area (Å²) in [7, 11) is 0. The number of anilines is 1. The van der Waals surface area contributed by atoms with Crippen LogP contribution >= 0.6 is 23.4 Å². The fraction of sp³-hybridized carbons (Fsp3) is 0.810. The van der Waals surface area contributed by atoms with Crippen LogP contribution in [0.1, 0.15) is 59.3 Å². The molecule has 5 atom stereocenters. The lowest BCUT2D eigenvalue weighted by Gasteiger charge is -2.24. The molecule has 33 heavy (non-hydrogen) atoms. The van der Waals surface area contributed by atoms with E-state index in [0.29, 0.717) is 11.6 Å². The fourth-order valence-corrected chi connectivity index (χ4v) is 6.22. The van der Waals surface area contributed by atoms with Gasteiger partial charge in [-0.1, -0.05) is 49.0 Å². The molecule has 2 aliphatic carbocycles. The van der Waals surface area contributed by atoms with Gasteiger partial charge in [0.1, 0.15) is 12.2 Å². The van der Waals surface area contributed by atoms with Gasteiger partial charge in [0.15, 0.2) is 17.2 Å². The molecule has 1 unspecified atom stereocenters. The van der Waals surface area contributed by atoms with Crippen LogP contribution in [0.2, 0.25) is 5.15 Å². The Morgan fingerprint density at radius 1 is 1.33 bits per heavy atom. The van der Waals surface area contributed by atoms with Gasteiger partial charge in [-0.2, -0.15) is 4.98 Å². The number of fused-ring (bicyclic) bond motifs is 1. The summed E-state index contributed by atoms with van der Waals surface area (Å²) in [6.07, 6.45) is 4.29.